The maximum absolute atomic E-state index is 12.0. The number of nitrogens with one attached hydrogen (secondary N) is 2. The molecular formula is C48H74N2O4. The van der Waals surface area contributed by atoms with Crippen LogP contribution in [0, 0.1) is 0 Å². The Hall–Kier alpha value is -4.00. The SMILES string of the molecule is CC/C=C\C/C=C\C/C=C\C/C=C\C/C=C\C/C=C\CCC(=O)NCCOCCOCCNC(=O)CCC/C=C\C/C=C\C/C=C\C/C=C\C/C=C\CC. The zero-order chi connectivity index (χ0) is 39.1. The van der Waals surface area contributed by atoms with E-state index in [0.717, 1.165) is 89.9 Å². The topological polar surface area (TPSA) is 76.7 Å². The molecule has 0 radical (unpaired) electrons. The third-order valence-corrected chi connectivity index (χ3v) is 7.58. The number of ether oxygens (including phenoxy) is 2. The number of hydrogen-bond donors (Lipinski definition) is 2. The van der Waals surface area contributed by atoms with Gasteiger partial charge in [-0.2, -0.15) is 0 Å². The van der Waals surface area contributed by atoms with E-state index in [0.29, 0.717) is 52.4 Å². The van der Waals surface area contributed by atoms with Crippen LogP contribution in [0.4, 0.5) is 0 Å². The van der Waals surface area contributed by atoms with E-state index in [4.69, 9.17) is 9.47 Å². The summed E-state index contributed by atoms with van der Waals surface area (Å²) in [4.78, 5) is 24.0. The molecule has 0 fully saturated rings. The van der Waals surface area contributed by atoms with Crippen LogP contribution in [-0.4, -0.2) is 51.3 Å². The van der Waals surface area contributed by atoms with Gasteiger partial charge in [0.2, 0.25) is 11.8 Å². The van der Waals surface area contributed by atoms with E-state index in [-0.39, 0.29) is 11.8 Å². The normalized spacial score (nSPS) is 13.0. The quantitative estimate of drug-likeness (QED) is 0.0495. The summed E-state index contributed by atoms with van der Waals surface area (Å²) in [5.41, 5.74) is 0. The smallest absolute Gasteiger partial charge is 0.220 e. The van der Waals surface area contributed by atoms with Gasteiger partial charge in [-0.05, 0) is 89.9 Å². The van der Waals surface area contributed by atoms with Gasteiger partial charge in [0.05, 0.1) is 26.4 Å². The Morgan fingerprint density at radius 1 is 0.370 bits per heavy atom. The van der Waals surface area contributed by atoms with Crippen LogP contribution >= 0.6 is 0 Å². The molecule has 0 aromatic carbocycles. The molecule has 0 bridgehead atoms. The average Bonchev–Trinajstić information content (AvgIpc) is 3.17. The minimum Gasteiger partial charge on any atom is -0.377 e. The van der Waals surface area contributed by atoms with Gasteiger partial charge in [-0.3, -0.25) is 9.59 Å². The van der Waals surface area contributed by atoms with Gasteiger partial charge in [0.25, 0.3) is 0 Å². The van der Waals surface area contributed by atoms with E-state index in [9.17, 15) is 9.59 Å². The van der Waals surface area contributed by atoms with Gasteiger partial charge in [0.1, 0.15) is 0 Å². The second-order valence-electron chi connectivity index (χ2n) is 12.5. The first-order valence-electron chi connectivity index (χ1n) is 20.5. The number of unbranched alkanes of at least 4 members (excludes halogenated alkanes) is 1. The molecule has 0 atom stereocenters. The third-order valence-electron chi connectivity index (χ3n) is 7.58. The van der Waals surface area contributed by atoms with E-state index in [1.807, 2.05) is 0 Å². The lowest BCUT2D eigenvalue weighted by Crippen LogP contribution is -2.28. The lowest BCUT2D eigenvalue weighted by molar-refractivity contribution is -0.122. The Kier molecular flexibility index (Phi) is 41.8. The van der Waals surface area contributed by atoms with Crippen molar-refractivity contribution in [3.05, 3.63) is 134 Å². The van der Waals surface area contributed by atoms with Gasteiger partial charge in [-0.15, -0.1) is 0 Å². The molecule has 6 heteroatoms. The van der Waals surface area contributed by atoms with E-state index in [1.54, 1.807) is 0 Å². The molecule has 0 aliphatic carbocycles. The first-order valence-corrected chi connectivity index (χ1v) is 20.5. The molecule has 0 spiro atoms. The average molecular weight is 743 g/mol. The van der Waals surface area contributed by atoms with Crippen LogP contribution in [0.3, 0.4) is 0 Å². The van der Waals surface area contributed by atoms with E-state index < -0.39 is 0 Å². The van der Waals surface area contributed by atoms with Gasteiger partial charge in [-0.1, -0.05) is 148 Å². The molecule has 2 amide bonds. The fourth-order valence-corrected chi connectivity index (χ4v) is 4.63. The number of carbonyl (C=O) groups excluding carboxylic acids is 2. The Balaban J connectivity index is 3.52. The largest absolute Gasteiger partial charge is 0.377 e. The summed E-state index contributed by atoms with van der Waals surface area (Å²) >= 11 is 0. The summed E-state index contributed by atoms with van der Waals surface area (Å²) in [6.07, 6.45) is 62.3. The summed E-state index contributed by atoms with van der Waals surface area (Å²) in [6, 6.07) is 0. The number of rotatable bonds is 36. The molecular weight excluding hydrogens is 669 g/mol. The Labute approximate surface area is 330 Å². The van der Waals surface area contributed by atoms with Crippen LogP contribution in [0.25, 0.3) is 0 Å². The van der Waals surface area contributed by atoms with E-state index in [2.05, 4.69) is 158 Å². The van der Waals surface area contributed by atoms with Crippen LogP contribution in [0.1, 0.15) is 117 Å². The van der Waals surface area contributed by atoms with Crippen molar-refractivity contribution in [3.8, 4) is 0 Å². The van der Waals surface area contributed by atoms with Crippen molar-refractivity contribution in [2.24, 2.45) is 0 Å². The van der Waals surface area contributed by atoms with Crippen LogP contribution in [0.5, 0.6) is 0 Å². The van der Waals surface area contributed by atoms with E-state index in [1.165, 1.54) is 0 Å². The molecule has 0 saturated heterocycles. The van der Waals surface area contributed by atoms with Gasteiger partial charge < -0.3 is 20.1 Å². The first kappa shape index (κ1) is 50.0. The van der Waals surface area contributed by atoms with Crippen molar-refractivity contribution in [3.63, 3.8) is 0 Å². The maximum Gasteiger partial charge on any atom is 0.220 e. The van der Waals surface area contributed by atoms with Crippen LogP contribution in [-0.2, 0) is 19.1 Å². The monoisotopic (exact) mass is 743 g/mol. The van der Waals surface area contributed by atoms with Gasteiger partial charge in [0.15, 0.2) is 0 Å². The molecule has 0 unspecified atom stereocenters. The summed E-state index contributed by atoms with van der Waals surface area (Å²) < 4.78 is 11.0. The minimum atomic E-state index is 0.0305. The molecule has 6 nitrogen and oxygen atoms in total. The molecule has 0 aliphatic heterocycles. The summed E-state index contributed by atoms with van der Waals surface area (Å²) in [5, 5.41) is 5.78. The Bertz CT molecular complexity index is 1200. The molecule has 0 rings (SSSR count). The Morgan fingerprint density at radius 2 is 0.667 bits per heavy atom. The predicted molar refractivity (Wildman–Crippen MR) is 233 cm³/mol. The molecule has 2 N–H and O–H groups in total. The second kappa shape index (κ2) is 45.2. The zero-order valence-corrected chi connectivity index (χ0v) is 33.9. The number of amides is 2. The van der Waals surface area contributed by atoms with Crippen molar-refractivity contribution < 1.29 is 19.1 Å². The molecule has 0 saturated carbocycles. The number of allylic oxidation sites excluding steroid dienone is 22. The van der Waals surface area contributed by atoms with Crippen LogP contribution in [0.2, 0.25) is 0 Å². The van der Waals surface area contributed by atoms with Crippen LogP contribution < -0.4 is 10.6 Å². The highest BCUT2D eigenvalue weighted by Gasteiger charge is 2.00. The highest BCUT2D eigenvalue weighted by Crippen LogP contribution is 2.01. The fourth-order valence-electron chi connectivity index (χ4n) is 4.63. The molecule has 0 aromatic heterocycles. The molecule has 0 aromatic rings. The highest BCUT2D eigenvalue weighted by atomic mass is 16.5. The summed E-state index contributed by atoms with van der Waals surface area (Å²) in [5.74, 6) is 0.0849. The fraction of sp³-hybridized carbons (Fsp3) is 0.500. The van der Waals surface area contributed by atoms with Crippen molar-refractivity contribution >= 4 is 11.8 Å². The lowest BCUT2D eigenvalue weighted by atomic mass is 10.2. The van der Waals surface area contributed by atoms with Crippen molar-refractivity contribution in [1.29, 1.82) is 0 Å². The lowest BCUT2D eigenvalue weighted by Gasteiger charge is -2.08. The minimum absolute atomic E-state index is 0.0305. The standard InChI is InChI=1S/C48H74N2O4/c1-3-5-7-9-11-13-15-17-19-21-22-24-26-28-30-32-34-36-38-40-48(52)50-42-44-54-46-45-53-43-41-49-47(51)39-37-35-33-31-29-27-25-23-20-18-16-14-12-10-8-6-4-2/h5-8,11-14,17-20,22,24-25,27-28,30-31,33-34,36H,3-4,9-10,15-16,21,23,26,29,32,35,37-46H2,1-2H3,(H,49,51)(H,50,52)/b7-5-,8-6-,13-11-,14-12-,19-17-,20-18-,24-22-,27-25-,30-28-,33-31-,36-34-. The van der Waals surface area contributed by atoms with Crippen molar-refractivity contribution in [1.82, 2.24) is 10.6 Å². The van der Waals surface area contributed by atoms with Crippen molar-refractivity contribution in [2.45, 2.75) is 117 Å². The molecule has 300 valence electrons. The van der Waals surface area contributed by atoms with Gasteiger partial charge >= 0.3 is 0 Å². The van der Waals surface area contributed by atoms with Gasteiger partial charge in [-0.25, -0.2) is 0 Å². The summed E-state index contributed by atoms with van der Waals surface area (Å²) in [6.45, 7) is 7.09. The molecule has 0 aliphatic rings. The number of hydrogen-bond acceptors (Lipinski definition) is 4. The van der Waals surface area contributed by atoms with E-state index >= 15 is 0 Å². The second-order valence-corrected chi connectivity index (χ2v) is 12.5. The summed E-state index contributed by atoms with van der Waals surface area (Å²) in [7, 11) is 0. The number of carbonyl (C=O) groups is 2. The zero-order valence-electron chi connectivity index (χ0n) is 33.9. The molecule has 54 heavy (non-hydrogen) atoms. The predicted octanol–water partition coefficient (Wildman–Crippen LogP) is 11.7. The van der Waals surface area contributed by atoms with Gasteiger partial charge in [0, 0.05) is 25.9 Å². The highest BCUT2D eigenvalue weighted by molar-refractivity contribution is 5.76. The Morgan fingerprint density at radius 3 is 1.02 bits per heavy atom. The van der Waals surface area contributed by atoms with Crippen LogP contribution in [0.15, 0.2) is 134 Å². The third kappa shape index (κ3) is 44.2. The molecule has 0 heterocycles. The first-order chi connectivity index (χ1) is 26.7. The van der Waals surface area contributed by atoms with Crippen molar-refractivity contribution in [2.75, 3.05) is 39.5 Å². The maximum atomic E-state index is 12.0.